The Bertz CT molecular complexity index is 782. The molecule has 23 heavy (non-hydrogen) atoms. The molecule has 0 aliphatic rings. The minimum atomic E-state index is -0.256. The van der Waals surface area contributed by atoms with Gasteiger partial charge in [-0.15, -0.1) is 0 Å². The van der Waals surface area contributed by atoms with Gasteiger partial charge in [0.05, 0.1) is 6.20 Å². The van der Waals surface area contributed by atoms with Crippen molar-refractivity contribution in [3.8, 4) is 11.1 Å². The van der Waals surface area contributed by atoms with Crippen LogP contribution in [0.3, 0.4) is 0 Å². The molecule has 2 aromatic carbocycles. The maximum Gasteiger partial charge on any atom is 0.251 e. The van der Waals surface area contributed by atoms with E-state index in [9.17, 15) is 9.18 Å². The minimum Gasteiger partial charge on any atom is -0.352 e. The molecule has 0 saturated carbocycles. The van der Waals surface area contributed by atoms with Gasteiger partial charge >= 0.3 is 0 Å². The molecule has 3 rings (SSSR count). The standard InChI is InChI=1S/C18H16FN3O/c19-17-6-4-13(5-7-17)8-9-20-18(23)15-3-1-2-14(10-15)16-11-21-22-12-16/h1-7,10-12H,8-9H2,(H,20,23)(H,21,22). The Kier molecular flexibility index (Phi) is 4.47. The highest BCUT2D eigenvalue weighted by Gasteiger charge is 2.07. The van der Waals surface area contributed by atoms with Crippen molar-refractivity contribution < 1.29 is 9.18 Å². The van der Waals surface area contributed by atoms with Gasteiger partial charge in [-0.05, 0) is 41.8 Å². The first-order chi connectivity index (χ1) is 11.2. The van der Waals surface area contributed by atoms with E-state index in [2.05, 4.69) is 15.5 Å². The van der Waals surface area contributed by atoms with Crippen LogP contribution in [0.15, 0.2) is 60.9 Å². The van der Waals surface area contributed by atoms with Crippen LogP contribution in [-0.4, -0.2) is 22.6 Å². The van der Waals surface area contributed by atoms with Crippen LogP contribution in [0.1, 0.15) is 15.9 Å². The van der Waals surface area contributed by atoms with Crippen molar-refractivity contribution >= 4 is 5.91 Å². The zero-order valence-corrected chi connectivity index (χ0v) is 12.4. The fourth-order valence-electron chi connectivity index (χ4n) is 2.32. The van der Waals surface area contributed by atoms with Gasteiger partial charge in [0.2, 0.25) is 0 Å². The minimum absolute atomic E-state index is 0.127. The number of aromatic amines is 1. The molecule has 0 aliphatic heterocycles. The molecule has 4 nitrogen and oxygen atoms in total. The maximum absolute atomic E-state index is 12.8. The summed E-state index contributed by atoms with van der Waals surface area (Å²) in [6.45, 7) is 0.500. The summed E-state index contributed by atoms with van der Waals surface area (Å²) < 4.78 is 12.8. The number of rotatable bonds is 5. The topological polar surface area (TPSA) is 57.8 Å². The van der Waals surface area contributed by atoms with Gasteiger partial charge in [-0.25, -0.2) is 4.39 Å². The van der Waals surface area contributed by atoms with E-state index in [4.69, 9.17) is 0 Å². The number of carbonyl (C=O) groups excluding carboxylic acids is 1. The van der Waals surface area contributed by atoms with Crippen molar-refractivity contribution in [2.45, 2.75) is 6.42 Å². The summed E-state index contributed by atoms with van der Waals surface area (Å²) in [5.74, 6) is -0.383. The Morgan fingerprint density at radius 2 is 1.96 bits per heavy atom. The number of nitrogens with one attached hydrogen (secondary N) is 2. The number of benzene rings is 2. The third-order valence-electron chi connectivity index (χ3n) is 3.57. The lowest BCUT2D eigenvalue weighted by Gasteiger charge is -2.07. The lowest BCUT2D eigenvalue weighted by molar-refractivity contribution is 0.0954. The third kappa shape index (κ3) is 3.83. The first kappa shape index (κ1) is 15.0. The number of amides is 1. The molecule has 0 radical (unpaired) electrons. The van der Waals surface area contributed by atoms with Crippen molar-refractivity contribution in [3.05, 3.63) is 77.9 Å². The van der Waals surface area contributed by atoms with Crippen molar-refractivity contribution in [1.82, 2.24) is 15.5 Å². The van der Waals surface area contributed by atoms with E-state index < -0.39 is 0 Å². The molecule has 1 heterocycles. The molecule has 3 aromatic rings. The largest absolute Gasteiger partial charge is 0.352 e. The molecular weight excluding hydrogens is 293 g/mol. The summed E-state index contributed by atoms with van der Waals surface area (Å²) >= 11 is 0. The van der Waals surface area contributed by atoms with E-state index in [0.29, 0.717) is 18.5 Å². The zero-order valence-electron chi connectivity index (χ0n) is 12.4. The van der Waals surface area contributed by atoms with Crippen molar-refractivity contribution in [1.29, 1.82) is 0 Å². The fraction of sp³-hybridized carbons (Fsp3) is 0.111. The molecule has 0 aliphatic carbocycles. The van der Waals surface area contributed by atoms with E-state index in [1.165, 1.54) is 12.1 Å². The molecule has 0 atom stereocenters. The summed E-state index contributed by atoms with van der Waals surface area (Å²) in [4.78, 5) is 12.2. The number of aromatic nitrogens is 2. The highest BCUT2D eigenvalue weighted by atomic mass is 19.1. The van der Waals surface area contributed by atoms with Crippen molar-refractivity contribution in [2.24, 2.45) is 0 Å². The van der Waals surface area contributed by atoms with E-state index >= 15 is 0 Å². The van der Waals surface area contributed by atoms with Gasteiger partial charge in [0.25, 0.3) is 5.91 Å². The van der Waals surface area contributed by atoms with Crippen LogP contribution >= 0.6 is 0 Å². The van der Waals surface area contributed by atoms with E-state index in [1.807, 2.05) is 18.2 Å². The van der Waals surface area contributed by atoms with Crippen LogP contribution in [0.5, 0.6) is 0 Å². The smallest absolute Gasteiger partial charge is 0.251 e. The van der Waals surface area contributed by atoms with Crippen LogP contribution in [0.2, 0.25) is 0 Å². The molecular formula is C18H16FN3O. The van der Waals surface area contributed by atoms with Gasteiger partial charge in [-0.2, -0.15) is 5.10 Å². The molecule has 0 bridgehead atoms. The maximum atomic E-state index is 12.8. The highest BCUT2D eigenvalue weighted by Crippen LogP contribution is 2.18. The predicted molar refractivity (Wildman–Crippen MR) is 86.5 cm³/mol. The van der Waals surface area contributed by atoms with Gasteiger partial charge in [-0.1, -0.05) is 24.3 Å². The Morgan fingerprint density at radius 1 is 1.13 bits per heavy atom. The Labute approximate surface area is 133 Å². The predicted octanol–water partition coefficient (Wildman–Crippen LogP) is 3.19. The average molecular weight is 309 g/mol. The second kappa shape index (κ2) is 6.87. The van der Waals surface area contributed by atoms with E-state index in [-0.39, 0.29) is 11.7 Å². The Hall–Kier alpha value is -2.95. The molecule has 116 valence electrons. The van der Waals surface area contributed by atoms with Crippen LogP contribution < -0.4 is 5.32 Å². The number of carbonyl (C=O) groups is 1. The number of hydrogen-bond donors (Lipinski definition) is 2. The van der Waals surface area contributed by atoms with Crippen LogP contribution in [0.4, 0.5) is 4.39 Å². The molecule has 0 unspecified atom stereocenters. The molecule has 2 N–H and O–H groups in total. The van der Waals surface area contributed by atoms with E-state index in [0.717, 1.165) is 16.7 Å². The SMILES string of the molecule is O=C(NCCc1ccc(F)cc1)c1cccc(-c2cn[nH]c2)c1. The molecule has 1 aromatic heterocycles. The average Bonchev–Trinajstić information content (AvgIpc) is 3.11. The summed E-state index contributed by atoms with van der Waals surface area (Å²) in [5.41, 5.74) is 3.46. The second-order valence-corrected chi connectivity index (χ2v) is 5.20. The Morgan fingerprint density at radius 3 is 2.70 bits per heavy atom. The van der Waals surface area contributed by atoms with Gasteiger partial charge in [-0.3, -0.25) is 9.89 Å². The lowest BCUT2D eigenvalue weighted by atomic mass is 10.1. The summed E-state index contributed by atoms with van der Waals surface area (Å²) in [5, 5.41) is 9.54. The summed E-state index contributed by atoms with van der Waals surface area (Å²) in [7, 11) is 0. The molecule has 5 heteroatoms. The molecule has 1 amide bonds. The normalized spacial score (nSPS) is 10.5. The van der Waals surface area contributed by atoms with Crippen molar-refractivity contribution in [3.63, 3.8) is 0 Å². The Balaban J connectivity index is 1.60. The molecule has 0 spiro atoms. The lowest BCUT2D eigenvalue weighted by Crippen LogP contribution is -2.25. The van der Waals surface area contributed by atoms with E-state index in [1.54, 1.807) is 30.6 Å². The van der Waals surface area contributed by atoms with Crippen molar-refractivity contribution in [2.75, 3.05) is 6.54 Å². The summed E-state index contributed by atoms with van der Waals surface area (Å²) in [6, 6.07) is 13.7. The molecule has 0 fully saturated rings. The molecule has 0 saturated heterocycles. The van der Waals surface area contributed by atoms with Crippen LogP contribution in [0, 0.1) is 5.82 Å². The zero-order chi connectivity index (χ0) is 16.1. The van der Waals surface area contributed by atoms with Gasteiger partial charge in [0, 0.05) is 23.9 Å². The first-order valence-electron chi connectivity index (χ1n) is 7.34. The number of nitrogens with zero attached hydrogens (tertiary/aromatic N) is 1. The van der Waals surface area contributed by atoms with Gasteiger partial charge < -0.3 is 5.32 Å². The number of halogens is 1. The first-order valence-corrected chi connectivity index (χ1v) is 7.34. The fourth-order valence-corrected chi connectivity index (χ4v) is 2.32. The third-order valence-corrected chi connectivity index (χ3v) is 3.57. The highest BCUT2D eigenvalue weighted by molar-refractivity contribution is 5.95. The van der Waals surface area contributed by atoms with Crippen LogP contribution in [-0.2, 0) is 6.42 Å². The second-order valence-electron chi connectivity index (χ2n) is 5.20. The number of H-pyrrole nitrogens is 1. The number of hydrogen-bond acceptors (Lipinski definition) is 2. The van der Waals surface area contributed by atoms with Gasteiger partial charge in [0.1, 0.15) is 5.82 Å². The summed E-state index contributed by atoms with van der Waals surface area (Å²) in [6.07, 6.45) is 4.16. The quantitative estimate of drug-likeness (QED) is 0.760. The monoisotopic (exact) mass is 309 g/mol. The van der Waals surface area contributed by atoms with Crippen LogP contribution in [0.25, 0.3) is 11.1 Å². The van der Waals surface area contributed by atoms with Gasteiger partial charge in [0.15, 0.2) is 0 Å².